The smallest absolute Gasteiger partial charge is 0.123 e. The summed E-state index contributed by atoms with van der Waals surface area (Å²) in [6.07, 6.45) is 0. The van der Waals surface area contributed by atoms with Gasteiger partial charge >= 0.3 is 0 Å². The van der Waals surface area contributed by atoms with Crippen LogP contribution >= 0.6 is 7.26 Å². The predicted molar refractivity (Wildman–Crippen MR) is 168 cm³/mol. The van der Waals surface area contributed by atoms with Crippen molar-refractivity contribution >= 4 is 34.1 Å². The van der Waals surface area contributed by atoms with E-state index in [9.17, 15) is 4.39 Å². The fourth-order valence-electron chi connectivity index (χ4n) is 5.92. The molecule has 1 aromatic heterocycles. The third kappa shape index (κ3) is 4.72. The van der Waals surface area contributed by atoms with Crippen molar-refractivity contribution < 1.29 is 21.4 Å². The second-order valence-corrected chi connectivity index (χ2v) is 13.9. The van der Waals surface area contributed by atoms with E-state index in [4.69, 9.17) is 0 Å². The Morgan fingerprint density at radius 2 is 1.15 bits per heavy atom. The summed E-state index contributed by atoms with van der Waals surface area (Å²) in [5, 5.41) is 5.22. The number of halogens is 2. The van der Waals surface area contributed by atoms with Gasteiger partial charge in [-0.3, -0.25) is 0 Å². The summed E-state index contributed by atoms with van der Waals surface area (Å²) in [7, 11) is -2.02. The topological polar surface area (TPSA) is 4.93 Å². The number of nitrogens with zero attached hydrogens (tertiary/aromatic N) is 1. The van der Waals surface area contributed by atoms with E-state index >= 15 is 0 Å². The van der Waals surface area contributed by atoms with Gasteiger partial charge < -0.3 is 21.5 Å². The Hall–Kier alpha value is -3.52. The van der Waals surface area contributed by atoms with Crippen LogP contribution in [0.15, 0.2) is 133 Å². The second-order valence-electron chi connectivity index (χ2n) is 10.4. The third-order valence-electron chi connectivity index (χ3n) is 7.75. The summed E-state index contributed by atoms with van der Waals surface area (Å²) in [4.78, 5) is 0. The molecule has 4 heteroatoms. The molecule has 0 fully saturated rings. The van der Waals surface area contributed by atoms with Crippen molar-refractivity contribution in [1.29, 1.82) is 0 Å². The molecule has 0 spiro atoms. The van der Waals surface area contributed by atoms with Crippen molar-refractivity contribution in [3.63, 3.8) is 0 Å². The predicted octanol–water partition coefficient (Wildman–Crippen LogP) is 5.62. The molecular formula is C36H32BrFNP. The van der Waals surface area contributed by atoms with Crippen molar-refractivity contribution in [2.75, 3.05) is 6.66 Å². The summed E-state index contributed by atoms with van der Waals surface area (Å²) in [5.41, 5.74) is 5.78. The van der Waals surface area contributed by atoms with Crippen LogP contribution < -0.4 is 32.9 Å². The van der Waals surface area contributed by atoms with Crippen molar-refractivity contribution in [2.45, 2.75) is 19.9 Å². The van der Waals surface area contributed by atoms with Crippen molar-refractivity contribution in [1.82, 2.24) is 4.57 Å². The van der Waals surface area contributed by atoms with Crippen LogP contribution in [0.1, 0.15) is 19.9 Å². The highest BCUT2D eigenvalue weighted by Gasteiger charge is 2.43. The largest absolute Gasteiger partial charge is 1.00 e. The first kappa shape index (κ1) is 28.0. The van der Waals surface area contributed by atoms with Gasteiger partial charge in [-0.1, -0.05) is 78.9 Å². The van der Waals surface area contributed by atoms with E-state index in [1.807, 2.05) is 12.1 Å². The molecule has 6 rings (SSSR count). The van der Waals surface area contributed by atoms with Crippen LogP contribution in [0.2, 0.25) is 0 Å². The SMILES string of the molecule is CC(C)n1c(-c2ccccc2[P+](C)(c2ccccc2)c2ccccc2)c(-c2ccc(F)cc2)c2ccccc21.[Br-]. The van der Waals surface area contributed by atoms with Crippen LogP contribution in [0.25, 0.3) is 33.3 Å². The molecular weight excluding hydrogens is 576 g/mol. The van der Waals surface area contributed by atoms with E-state index in [1.54, 1.807) is 12.1 Å². The van der Waals surface area contributed by atoms with E-state index < -0.39 is 7.26 Å². The van der Waals surface area contributed by atoms with Crippen molar-refractivity contribution in [3.8, 4) is 22.4 Å². The van der Waals surface area contributed by atoms with Gasteiger partial charge in [0, 0.05) is 28.1 Å². The average Bonchev–Trinajstić information content (AvgIpc) is 3.33. The number of para-hydroxylation sites is 1. The number of hydrogen-bond acceptors (Lipinski definition) is 0. The second kappa shape index (κ2) is 11.5. The lowest BCUT2D eigenvalue weighted by Gasteiger charge is -2.27. The van der Waals surface area contributed by atoms with Gasteiger partial charge in [0.2, 0.25) is 0 Å². The average molecular weight is 609 g/mol. The Kier molecular flexibility index (Phi) is 8.08. The monoisotopic (exact) mass is 607 g/mol. The Labute approximate surface area is 247 Å². The zero-order valence-electron chi connectivity index (χ0n) is 22.9. The molecule has 0 aliphatic carbocycles. The molecule has 0 radical (unpaired) electrons. The maximum atomic E-state index is 14.1. The Morgan fingerprint density at radius 1 is 0.625 bits per heavy atom. The van der Waals surface area contributed by atoms with E-state index in [1.165, 1.54) is 38.1 Å². The van der Waals surface area contributed by atoms with E-state index in [0.717, 1.165) is 11.1 Å². The lowest BCUT2D eigenvalue weighted by molar-refractivity contribution is -0.00000835. The molecule has 0 N–H and O–H groups in total. The van der Waals surface area contributed by atoms with Crippen LogP contribution in [0.4, 0.5) is 4.39 Å². The third-order valence-corrected chi connectivity index (χ3v) is 11.8. The van der Waals surface area contributed by atoms with Crippen LogP contribution in [0.3, 0.4) is 0 Å². The molecule has 200 valence electrons. The van der Waals surface area contributed by atoms with Crippen LogP contribution in [-0.2, 0) is 0 Å². The molecule has 0 aliphatic rings. The minimum atomic E-state index is -2.02. The molecule has 0 saturated heterocycles. The Morgan fingerprint density at radius 3 is 1.75 bits per heavy atom. The molecule has 40 heavy (non-hydrogen) atoms. The Balaban J connectivity index is 0.00000323. The highest BCUT2D eigenvalue weighted by Crippen LogP contribution is 2.55. The standard InChI is InChI=1S/C36H32FNP.BrH/c1-26(2)38-33-20-12-10-18-31(33)35(27-22-24-28(37)25-23-27)36(38)32-19-11-13-21-34(32)39(3,29-14-6-4-7-15-29)30-16-8-5-9-17-30;/h4-26H,1-3H3;1H/q+1;/p-1. The number of fused-ring (bicyclic) bond motifs is 1. The van der Waals surface area contributed by atoms with E-state index in [0.29, 0.717) is 0 Å². The number of rotatable bonds is 6. The van der Waals surface area contributed by atoms with Gasteiger partial charge in [0.05, 0.1) is 12.4 Å². The molecule has 5 aromatic carbocycles. The molecule has 0 aliphatic heterocycles. The lowest BCUT2D eigenvalue weighted by Crippen LogP contribution is -3.00. The zero-order valence-corrected chi connectivity index (χ0v) is 25.4. The van der Waals surface area contributed by atoms with Gasteiger partial charge in [-0.15, -0.1) is 0 Å². The minimum Gasteiger partial charge on any atom is -1.00 e. The first-order valence-corrected chi connectivity index (χ1v) is 15.7. The summed E-state index contributed by atoms with van der Waals surface area (Å²) < 4.78 is 16.5. The van der Waals surface area contributed by atoms with E-state index in [2.05, 4.69) is 134 Å². The van der Waals surface area contributed by atoms with Gasteiger partial charge in [-0.2, -0.15) is 0 Å². The highest BCUT2D eigenvalue weighted by atomic mass is 79.9. The summed E-state index contributed by atoms with van der Waals surface area (Å²) in [6.45, 7) is 6.93. The van der Waals surface area contributed by atoms with Crippen LogP contribution in [0, 0.1) is 5.82 Å². The molecule has 0 saturated carbocycles. The van der Waals surface area contributed by atoms with Crippen molar-refractivity contribution in [2.24, 2.45) is 0 Å². The maximum Gasteiger partial charge on any atom is 0.123 e. The molecule has 0 bridgehead atoms. The summed E-state index contributed by atoms with van der Waals surface area (Å²) >= 11 is 0. The fraction of sp³-hybridized carbons (Fsp3) is 0.111. The van der Waals surface area contributed by atoms with Gasteiger partial charge in [0.1, 0.15) is 29.0 Å². The van der Waals surface area contributed by atoms with Gasteiger partial charge in [0.25, 0.3) is 0 Å². The molecule has 0 amide bonds. The number of hydrogen-bond donors (Lipinski definition) is 0. The maximum absolute atomic E-state index is 14.1. The van der Waals surface area contributed by atoms with Gasteiger partial charge in [-0.05, 0) is 74.0 Å². The molecule has 0 atom stereocenters. The quantitative estimate of drug-likeness (QED) is 0.217. The zero-order chi connectivity index (χ0) is 27.0. The molecule has 6 aromatic rings. The van der Waals surface area contributed by atoms with Gasteiger partial charge in [0.15, 0.2) is 0 Å². The molecule has 1 heterocycles. The van der Waals surface area contributed by atoms with Crippen molar-refractivity contribution in [3.05, 3.63) is 139 Å². The summed E-state index contributed by atoms with van der Waals surface area (Å²) in [6, 6.07) is 46.6. The number of benzene rings is 5. The normalized spacial score (nSPS) is 11.5. The minimum absolute atomic E-state index is 0. The van der Waals surface area contributed by atoms with E-state index in [-0.39, 0.29) is 28.8 Å². The first-order chi connectivity index (χ1) is 19.0. The van der Waals surface area contributed by atoms with Crippen LogP contribution in [0.5, 0.6) is 0 Å². The number of aromatic nitrogens is 1. The lowest BCUT2D eigenvalue weighted by atomic mass is 9.98. The first-order valence-electron chi connectivity index (χ1n) is 13.5. The summed E-state index contributed by atoms with van der Waals surface area (Å²) in [5.74, 6) is -0.222. The fourth-order valence-corrected chi connectivity index (χ4v) is 9.35. The van der Waals surface area contributed by atoms with Crippen LogP contribution in [-0.4, -0.2) is 11.2 Å². The highest BCUT2D eigenvalue weighted by molar-refractivity contribution is 7.95. The molecule has 1 nitrogen and oxygen atoms in total. The van der Waals surface area contributed by atoms with Gasteiger partial charge in [-0.25, -0.2) is 4.39 Å². The Bertz CT molecular complexity index is 1700. The molecule has 0 unspecified atom stereocenters.